The number of carbonyl (C=O) groups excluding carboxylic acids is 1. The maximum atomic E-state index is 12.7. The number of aliphatic hydroxyl groups excluding tert-OH is 1. The molecule has 1 aliphatic heterocycles. The number of rotatable bonds is 6. The van der Waals surface area contributed by atoms with Crippen molar-refractivity contribution in [1.82, 2.24) is 14.5 Å². The number of amides is 1. The molecule has 25 heavy (non-hydrogen) atoms. The highest BCUT2D eigenvalue weighted by Gasteiger charge is 2.25. The van der Waals surface area contributed by atoms with E-state index >= 15 is 0 Å². The van der Waals surface area contributed by atoms with Crippen LogP contribution < -0.4 is 0 Å². The molecule has 134 valence electrons. The van der Waals surface area contributed by atoms with Gasteiger partial charge >= 0.3 is 0 Å². The highest BCUT2D eigenvalue weighted by Crippen LogP contribution is 2.22. The van der Waals surface area contributed by atoms with Crippen LogP contribution in [0.15, 0.2) is 29.9 Å². The molecule has 6 heteroatoms. The van der Waals surface area contributed by atoms with E-state index in [4.69, 9.17) is 5.11 Å². The van der Waals surface area contributed by atoms with E-state index in [2.05, 4.69) is 9.55 Å². The topological polar surface area (TPSA) is 58.4 Å². The van der Waals surface area contributed by atoms with Gasteiger partial charge in [0.05, 0.1) is 6.61 Å². The van der Waals surface area contributed by atoms with Crippen LogP contribution in [0.25, 0.3) is 6.08 Å². The fourth-order valence-corrected chi connectivity index (χ4v) is 4.13. The normalized spacial score (nSPS) is 18.2. The lowest BCUT2D eigenvalue weighted by atomic mass is 9.99. The van der Waals surface area contributed by atoms with E-state index in [1.54, 1.807) is 17.4 Å². The summed E-state index contributed by atoms with van der Waals surface area (Å²) in [5.41, 5.74) is 0.892. The van der Waals surface area contributed by atoms with Crippen molar-refractivity contribution in [3.05, 3.63) is 46.2 Å². The van der Waals surface area contributed by atoms with E-state index < -0.39 is 0 Å². The minimum absolute atomic E-state index is 0.0418. The van der Waals surface area contributed by atoms with Gasteiger partial charge in [-0.05, 0) is 55.7 Å². The molecule has 1 saturated heterocycles. The lowest BCUT2D eigenvalue weighted by molar-refractivity contribution is -0.129. The van der Waals surface area contributed by atoms with Crippen molar-refractivity contribution >= 4 is 23.3 Å². The first-order chi connectivity index (χ1) is 12.2. The van der Waals surface area contributed by atoms with E-state index in [1.807, 2.05) is 41.7 Å². The van der Waals surface area contributed by atoms with Gasteiger partial charge in [0.1, 0.15) is 5.82 Å². The van der Waals surface area contributed by atoms with E-state index in [-0.39, 0.29) is 12.5 Å². The SMILES string of the molecule is Cc1nccn1CCC1CCCCN1C(=O)/C=C/c1cc(CO)cs1. The van der Waals surface area contributed by atoms with Crippen LogP contribution in [0.5, 0.6) is 0 Å². The van der Waals surface area contributed by atoms with Crippen LogP contribution in [-0.2, 0) is 17.9 Å². The fraction of sp³-hybridized carbons (Fsp3) is 0.474. The molecule has 0 bridgehead atoms. The Kier molecular flexibility index (Phi) is 6.04. The van der Waals surface area contributed by atoms with E-state index in [1.165, 1.54) is 6.42 Å². The number of nitrogens with zero attached hydrogens (tertiary/aromatic N) is 3. The number of likely N-dealkylation sites (tertiary alicyclic amines) is 1. The molecule has 0 radical (unpaired) electrons. The standard InChI is InChI=1S/C19H25N3O2S/c1-15-20-8-11-21(15)10-7-17-4-2-3-9-22(17)19(24)6-5-18-12-16(13-23)14-25-18/h5-6,8,11-12,14,17,23H,2-4,7,9-10,13H2,1H3/b6-5+. The third-order valence-electron chi connectivity index (χ3n) is 4.78. The zero-order valence-electron chi connectivity index (χ0n) is 14.6. The molecule has 1 fully saturated rings. The minimum atomic E-state index is 0.0418. The smallest absolute Gasteiger partial charge is 0.246 e. The van der Waals surface area contributed by atoms with Gasteiger partial charge in [0.2, 0.25) is 5.91 Å². The average molecular weight is 359 g/mol. The Labute approximate surface area is 152 Å². The van der Waals surface area contributed by atoms with Crippen LogP contribution in [0, 0.1) is 6.92 Å². The Bertz CT molecular complexity index is 735. The third-order valence-corrected chi connectivity index (χ3v) is 5.73. The Hall–Kier alpha value is -1.92. The predicted octanol–water partition coefficient (Wildman–Crippen LogP) is 3.23. The first kappa shape index (κ1) is 17.9. The Morgan fingerprint density at radius 3 is 3.08 bits per heavy atom. The molecule has 1 amide bonds. The van der Waals surface area contributed by atoms with Crippen molar-refractivity contribution in [2.75, 3.05) is 6.54 Å². The van der Waals surface area contributed by atoms with Gasteiger partial charge in [-0.1, -0.05) is 0 Å². The van der Waals surface area contributed by atoms with Gasteiger partial charge in [0, 0.05) is 42.5 Å². The summed E-state index contributed by atoms with van der Waals surface area (Å²) in [4.78, 5) is 19.9. The summed E-state index contributed by atoms with van der Waals surface area (Å²) in [7, 11) is 0. The summed E-state index contributed by atoms with van der Waals surface area (Å²) in [6, 6.07) is 2.22. The number of aromatic nitrogens is 2. The molecule has 0 spiro atoms. The quantitative estimate of drug-likeness (QED) is 0.806. The van der Waals surface area contributed by atoms with Gasteiger partial charge in [0.25, 0.3) is 0 Å². The molecule has 2 aromatic heterocycles. The second-order valence-corrected chi connectivity index (χ2v) is 7.43. The Morgan fingerprint density at radius 1 is 1.48 bits per heavy atom. The summed E-state index contributed by atoms with van der Waals surface area (Å²) < 4.78 is 2.15. The second kappa shape index (κ2) is 8.45. The molecule has 1 unspecified atom stereocenters. The Balaban J connectivity index is 1.61. The van der Waals surface area contributed by atoms with Crippen LogP contribution in [0.1, 0.15) is 41.9 Å². The number of hydrogen-bond donors (Lipinski definition) is 1. The molecule has 0 aromatic carbocycles. The molecule has 5 nitrogen and oxygen atoms in total. The zero-order chi connectivity index (χ0) is 17.6. The van der Waals surface area contributed by atoms with Crippen molar-refractivity contribution < 1.29 is 9.90 Å². The number of aliphatic hydroxyl groups is 1. The predicted molar refractivity (Wildman–Crippen MR) is 100 cm³/mol. The number of aryl methyl sites for hydroxylation is 2. The van der Waals surface area contributed by atoms with Crippen molar-refractivity contribution in [1.29, 1.82) is 0 Å². The van der Waals surface area contributed by atoms with E-state index in [0.717, 1.165) is 48.6 Å². The van der Waals surface area contributed by atoms with Crippen molar-refractivity contribution in [3.63, 3.8) is 0 Å². The Morgan fingerprint density at radius 2 is 2.36 bits per heavy atom. The van der Waals surface area contributed by atoms with Crippen molar-refractivity contribution in [3.8, 4) is 0 Å². The lowest BCUT2D eigenvalue weighted by Crippen LogP contribution is -2.43. The maximum Gasteiger partial charge on any atom is 0.246 e. The largest absolute Gasteiger partial charge is 0.392 e. The van der Waals surface area contributed by atoms with Crippen LogP contribution >= 0.6 is 11.3 Å². The molecule has 1 aliphatic rings. The zero-order valence-corrected chi connectivity index (χ0v) is 15.4. The number of thiophene rings is 1. The molecule has 3 heterocycles. The molecule has 1 N–H and O–H groups in total. The summed E-state index contributed by atoms with van der Waals surface area (Å²) in [5, 5.41) is 11.0. The molecule has 3 rings (SSSR count). The van der Waals surface area contributed by atoms with Gasteiger partial charge in [-0.15, -0.1) is 11.3 Å². The number of hydrogen-bond acceptors (Lipinski definition) is 4. The number of piperidine rings is 1. The van der Waals surface area contributed by atoms with Gasteiger partial charge in [-0.3, -0.25) is 4.79 Å². The van der Waals surface area contributed by atoms with Crippen LogP contribution in [0.2, 0.25) is 0 Å². The summed E-state index contributed by atoms with van der Waals surface area (Å²) in [5.74, 6) is 1.11. The van der Waals surface area contributed by atoms with E-state index in [9.17, 15) is 4.79 Å². The average Bonchev–Trinajstić information content (AvgIpc) is 3.26. The van der Waals surface area contributed by atoms with Crippen LogP contribution in [0.3, 0.4) is 0 Å². The first-order valence-corrected chi connectivity index (χ1v) is 9.70. The van der Waals surface area contributed by atoms with Crippen LogP contribution in [-0.4, -0.2) is 38.1 Å². The summed E-state index contributed by atoms with van der Waals surface area (Å²) >= 11 is 1.55. The molecular formula is C19H25N3O2S. The number of imidazole rings is 1. The molecule has 0 saturated carbocycles. The minimum Gasteiger partial charge on any atom is -0.392 e. The first-order valence-electron chi connectivity index (χ1n) is 8.82. The molecule has 0 aliphatic carbocycles. The fourth-order valence-electron chi connectivity index (χ4n) is 3.33. The van der Waals surface area contributed by atoms with Crippen LogP contribution in [0.4, 0.5) is 0 Å². The highest BCUT2D eigenvalue weighted by molar-refractivity contribution is 7.11. The summed E-state index contributed by atoms with van der Waals surface area (Å²) in [6.07, 6.45) is 11.7. The third kappa shape index (κ3) is 4.58. The maximum absolute atomic E-state index is 12.7. The molecule has 1 atom stereocenters. The molecule has 2 aromatic rings. The van der Waals surface area contributed by atoms with Gasteiger partial charge in [0.15, 0.2) is 0 Å². The van der Waals surface area contributed by atoms with Crippen molar-refractivity contribution in [2.45, 2.75) is 51.8 Å². The highest BCUT2D eigenvalue weighted by atomic mass is 32.1. The van der Waals surface area contributed by atoms with Crippen molar-refractivity contribution in [2.24, 2.45) is 0 Å². The lowest BCUT2D eigenvalue weighted by Gasteiger charge is -2.35. The van der Waals surface area contributed by atoms with Gasteiger partial charge < -0.3 is 14.6 Å². The van der Waals surface area contributed by atoms with E-state index in [0.29, 0.717) is 6.04 Å². The van der Waals surface area contributed by atoms with Gasteiger partial charge in [-0.2, -0.15) is 0 Å². The summed E-state index contributed by atoms with van der Waals surface area (Å²) in [6.45, 7) is 3.78. The van der Waals surface area contributed by atoms with Gasteiger partial charge in [-0.25, -0.2) is 4.98 Å². The number of carbonyl (C=O) groups is 1. The monoisotopic (exact) mass is 359 g/mol. The molecular weight excluding hydrogens is 334 g/mol. The second-order valence-electron chi connectivity index (χ2n) is 6.49.